The van der Waals surface area contributed by atoms with Gasteiger partial charge in [-0.25, -0.2) is 0 Å². The minimum absolute atomic E-state index is 0.173. The molecule has 3 rings (SSSR count). The lowest BCUT2D eigenvalue weighted by Gasteiger charge is -2.33. The molecule has 1 aliphatic heterocycles. The van der Waals surface area contributed by atoms with Crippen LogP contribution in [0.25, 0.3) is 11.4 Å². The summed E-state index contributed by atoms with van der Waals surface area (Å²) in [6.45, 7) is 7.41. The van der Waals surface area contributed by atoms with E-state index in [0.717, 1.165) is 41.7 Å². The second kappa shape index (κ2) is 9.08. The summed E-state index contributed by atoms with van der Waals surface area (Å²) in [5, 5.41) is 9.40. The molecule has 0 bridgehead atoms. The predicted molar refractivity (Wildman–Crippen MR) is 108 cm³/mol. The van der Waals surface area contributed by atoms with Crippen LogP contribution in [0.4, 0.5) is 0 Å². The smallest absolute Gasteiger partial charge is 0.233 e. The van der Waals surface area contributed by atoms with E-state index < -0.39 is 0 Å². The van der Waals surface area contributed by atoms with Gasteiger partial charge in [-0.2, -0.15) is 0 Å². The Morgan fingerprint density at radius 2 is 2.11 bits per heavy atom. The zero-order valence-corrected chi connectivity index (χ0v) is 16.7. The molecule has 1 aromatic carbocycles. The molecular weight excluding hydrogens is 360 g/mol. The Bertz CT molecular complexity index is 788. The molecule has 2 aromatic rings. The van der Waals surface area contributed by atoms with E-state index in [9.17, 15) is 4.79 Å². The van der Waals surface area contributed by atoms with Gasteiger partial charge in [-0.1, -0.05) is 17.8 Å². The first-order valence-corrected chi connectivity index (χ1v) is 10.2. The molecule has 1 fully saturated rings. The van der Waals surface area contributed by atoms with Gasteiger partial charge in [-0.3, -0.25) is 9.36 Å². The van der Waals surface area contributed by atoms with Crippen LogP contribution in [-0.2, 0) is 11.3 Å². The third-order valence-corrected chi connectivity index (χ3v) is 5.78. The molecule has 1 atom stereocenters. The molecule has 1 aliphatic rings. The van der Waals surface area contributed by atoms with E-state index >= 15 is 0 Å². The van der Waals surface area contributed by atoms with E-state index in [1.807, 2.05) is 39.8 Å². The van der Waals surface area contributed by atoms with Crippen LogP contribution in [0.1, 0.15) is 26.2 Å². The zero-order chi connectivity index (χ0) is 19.2. The first-order valence-electron chi connectivity index (χ1n) is 9.25. The van der Waals surface area contributed by atoms with Crippen molar-refractivity contribution in [1.82, 2.24) is 19.7 Å². The summed E-state index contributed by atoms with van der Waals surface area (Å²) in [7, 11) is 1.64. The molecular formula is C20H26N4O2S. The van der Waals surface area contributed by atoms with E-state index in [-0.39, 0.29) is 5.91 Å². The number of aromatic nitrogens is 3. The van der Waals surface area contributed by atoms with E-state index in [1.54, 1.807) is 7.11 Å². The standard InChI is InChI=1S/C20H26N4O2S/c1-4-12-24-19(16-8-10-17(26-3)11-9-16)21-22-20(24)27-14-18(25)23-13-6-5-7-15(23)2/h4,8-11,15H,1,5-7,12-14H2,2-3H3/t15-/m0/s1. The number of thioether (sulfide) groups is 1. The van der Waals surface area contributed by atoms with E-state index in [2.05, 4.69) is 23.7 Å². The summed E-state index contributed by atoms with van der Waals surface area (Å²) in [6, 6.07) is 8.04. The Balaban J connectivity index is 1.74. The summed E-state index contributed by atoms with van der Waals surface area (Å²) in [4.78, 5) is 14.6. The van der Waals surface area contributed by atoms with Crippen LogP contribution >= 0.6 is 11.8 Å². The van der Waals surface area contributed by atoms with E-state index in [1.165, 1.54) is 18.2 Å². The normalized spacial score (nSPS) is 17.0. The van der Waals surface area contributed by atoms with Crippen molar-refractivity contribution in [3.05, 3.63) is 36.9 Å². The van der Waals surface area contributed by atoms with Gasteiger partial charge < -0.3 is 9.64 Å². The van der Waals surface area contributed by atoms with Crippen molar-refractivity contribution in [2.24, 2.45) is 0 Å². The number of nitrogens with zero attached hydrogens (tertiary/aromatic N) is 4. The maximum absolute atomic E-state index is 12.6. The minimum atomic E-state index is 0.173. The number of likely N-dealkylation sites (tertiary alicyclic amines) is 1. The number of benzene rings is 1. The van der Waals surface area contributed by atoms with Crippen molar-refractivity contribution >= 4 is 17.7 Å². The minimum Gasteiger partial charge on any atom is -0.497 e. The number of rotatable bonds is 7. The molecule has 0 spiro atoms. The van der Waals surface area contributed by atoms with Crippen LogP contribution in [0, 0.1) is 0 Å². The number of hydrogen-bond donors (Lipinski definition) is 0. The van der Waals surface area contributed by atoms with Crippen LogP contribution in [0.15, 0.2) is 42.1 Å². The molecule has 1 saturated heterocycles. The summed E-state index contributed by atoms with van der Waals surface area (Å²) < 4.78 is 7.21. The molecule has 0 aliphatic carbocycles. The SMILES string of the molecule is C=CCn1c(SCC(=O)N2CCCC[C@@H]2C)nnc1-c1ccc(OC)cc1. The maximum Gasteiger partial charge on any atom is 0.233 e. The number of ether oxygens (including phenoxy) is 1. The van der Waals surface area contributed by atoms with Crippen molar-refractivity contribution in [1.29, 1.82) is 0 Å². The lowest BCUT2D eigenvalue weighted by atomic mass is 10.0. The monoisotopic (exact) mass is 386 g/mol. The van der Waals surface area contributed by atoms with Crippen molar-refractivity contribution in [3.8, 4) is 17.1 Å². The molecule has 0 N–H and O–H groups in total. The molecule has 2 heterocycles. The molecule has 1 amide bonds. The number of carbonyl (C=O) groups excluding carboxylic acids is 1. The van der Waals surface area contributed by atoms with Crippen LogP contribution < -0.4 is 4.74 Å². The fourth-order valence-electron chi connectivity index (χ4n) is 3.32. The molecule has 0 saturated carbocycles. The number of methoxy groups -OCH3 is 1. The second-order valence-corrected chi connectivity index (χ2v) is 7.60. The Hall–Kier alpha value is -2.28. The van der Waals surface area contributed by atoms with Crippen molar-refractivity contribution < 1.29 is 9.53 Å². The maximum atomic E-state index is 12.6. The van der Waals surface area contributed by atoms with Crippen LogP contribution in [-0.4, -0.2) is 51.0 Å². The highest BCUT2D eigenvalue weighted by atomic mass is 32.2. The summed E-state index contributed by atoms with van der Waals surface area (Å²) in [5.41, 5.74) is 0.952. The predicted octanol–water partition coefficient (Wildman–Crippen LogP) is 3.63. The molecule has 0 radical (unpaired) electrons. The first-order chi connectivity index (χ1) is 13.1. The van der Waals surface area contributed by atoms with Crippen LogP contribution in [0.5, 0.6) is 5.75 Å². The average Bonchev–Trinajstić information content (AvgIpc) is 3.09. The molecule has 1 aromatic heterocycles. The van der Waals surface area contributed by atoms with Gasteiger partial charge in [0.1, 0.15) is 5.75 Å². The van der Waals surface area contributed by atoms with Gasteiger partial charge in [0.05, 0.1) is 12.9 Å². The average molecular weight is 387 g/mol. The lowest BCUT2D eigenvalue weighted by Crippen LogP contribution is -2.43. The highest BCUT2D eigenvalue weighted by Gasteiger charge is 2.24. The number of amides is 1. The Morgan fingerprint density at radius 3 is 2.78 bits per heavy atom. The molecule has 0 unspecified atom stereocenters. The Morgan fingerprint density at radius 1 is 1.33 bits per heavy atom. The zero-order valence-electron chi connectivity index (χ0n) is 15.9. The third kappa shape index (κ3) is 4.53. The molecule has 144 valence electrons. The van der Waals surface area contributed by atoms with Gasteiger partial charge >= 0.3 is 0 Å². The lowest BCUT2D eigenvalue weighted by molar-refractivity contribution is -0.131. The third-order valence-electron chi connectivity index (χ3n) is 4.82. The van der Waals surface area contributed by atoms with Gasteiger partial charge in [0.25, 0.3) is 0 Å². The Labute approximate surface area is 164 Å². The first kappa shape index (κ1) is 19.5. The topological polar surface area (TPSA) is 60.2 Å². The number of piperidine rings is 1. The van der Waals surface area contributed by atoms with Gasteiger partial charge in [-0.05, 0) is 50.5 Å². The van der Waals surface area contributed by atoms with Gasteiger partial charge in [0, 0.05) is 24.7 Å². The number of carbonyl (C=O) groups is 1. The summed E-state index contributed by atoms with van der Waals surface area (Å²) in [6.07, 6.45) is 5.20. The fraction of sp³-hybridized carbons (Fsp3) is 0.450. The highest BCUT2D eigenvalue weighted by Crippen LogP contribution is 2.26. The van der Waals surface area contributed by atoms with E-state index in [4.69, 9.17) is 4.74 Å². The van der Waals surface area contributed by atoms with Crippen LogP contribution in [0.3, 0.4) is 0 Å². The number of allylic oxidation sites excluding steroid dienone is 1. The van der Waals surface area contributed by atoms with Crippen molar-refractivity contribution in [2.75, 3.05) is 19.4 Å². The second-order valence-electron chi connectivity index (χ2n) is 6.65. The number of hydrogen-bond acceptors (Lipinski definition) is 5. The van der Waals surface area contributed by atoms with Gasteiger partial charge in [0.15, 0.2) is 11.0 Å². The highest BCUT2D eigenvalue weighted by molar-refractivity contribution is 7.99. The summed E-state index contributed by atoms with van der Waals surface area (Å²) >= 11 is 1.44. The quantitative estimate of drug-likeness (QED) is 0.537. The van der Waals surface area contributed by atoms with Gasteiger partial charge in [-0.15, -0.1) is 16.8 Å². The fourth-order valence-corrected chi connectivity index (χ4v) is 4.15. The van der Waals surface area contributed by atoms with Gasteiger partial charge in [0.2, 0.25) is 5.91 Å². The molecule has 7 heteroatoms. The van der Waals surface area contributed by atoms with Crippen molar-refractivity contribution in [2.45, 2.75) is 43.9 Å². The van der Waals surface area contributed by atoms with E-state index in [0.29, 0.717) is 18.3 Å². The largest absolute Gasteiger partial charge is 0.497 e. The molecule has 27 heavy (non-hydrogen) atoms. The summed E-state index contributed by atoms with van der Waals surface area (Å²) in [5.74, 6) is 2.11. The van der Waals surface area contributed by atoms with Crippen LogP contribution in [0.2, 0.25) is 0 Å². The molecule has 6 nitrogen and oxygen atoms in total. The Kier molecular flexibility index (Phi) is 6.55. The van der Waals surface area contributed by atoms with Crippen molar-refractivity contribution in [3.63, 3.8) is 0 Å².